The number of hydrogen-bond donors (Lipinski definition) is 3. The third kappa shape index (κ3) is 3.58. The van der Waals surface area contributed by atoms with Gasteiger partial charge >= 0.3 is 5.97 Å². The Morgan fingerprint density at radius 3 is 2.45 bits per heavy atom. The molecule has 0 unspecified atom stereocenters. The first-order valence-corrected chi connectivity index (χ1v) is 6.79. The van der Waals surface area contributed by atoms with Crippen molar-refractivity contribution in [2.45, 2.75) is 12.5 Å². The van der Waals surface area contributed by atoms with Gasteiger partial charge in [-0.15, -0.1) is 11.3 Å². The lowest BCUT2D eigenvalue weighted by Crippen LogP contribution is -2.42. The number of benzene rings is 1. The standard InChI is InChI=1S/C14H13NO4S/c16-10-5-3-9(4-6-10)8-11(14(18)19)15-13(17)12-2-1-7-20-12/h1-7,11,16H,8H2,(H,15,17)(H,18,19)/t11-/m0/s1. The molecule has 0 aliphatic rings. The quantitative estimate of drug-likeness (QED) is 0.785. The summed E-state index contributed by atoms with van der Waals surface area (Å²) >= 11 is 1.25. The van der Waals surface area contributed by atoms with Crippen molar-refractivity contribution in [3.63, 3.8) is 0 Å². The topological polar surface area (TPSA) is 86.6 Å². The fourth-order valence-corrected chi connectivity index (χ4v) is 2.33. The van der Waals surface area contributed by atoms with Crippen LogP contribution in [0.25, 0.3) is 0 Å². The van der Waals surface area contributed by atoms with Crippen LogP contribution in [0.5, 0.6) is 5.75 Å². The van der Waals surface area contributed by atoms with E-state index < -0.39 is 17.9 Å². The minimum absolute atomic E-state index is 0.114. The van der Waals surface area contributed by atoms with Crippen molar-refractivity contribution in [2.24, 2.45) is 0 Å². The highest BCUT2D eigenvalue weighted by Gasteiger charge is 2.21. The third-order valence-corrected chi connectivity index (χ3v) is 3.59. The molecule has 1 heterocycles. The number of nitrogens with one attached hydrogen (secondary N) is 1. The fraction of sp³-hybridized carbons (Fsp3) is 0.143. The van der Waals surface area contributed by atoms with Crippen LogP contribution >= 0.6 is 11.3 Å². The Hall–Kier alpha value is -2.34. The molecule has 0 spiro atoms. The van der Waals surface area contributed by atoms with Crippen molar-refractivity contribution in [1.29, 1.82) is 0 Å². The molecule has 1 amide bonds. The molecule has 0 radical (unpaired) electrons. The second kappa shape index (κ2) is 6.21. The van der Waals surface area contributed by atoms with E-state index in [4.69, 9.17) is 0 Å². The van der Waals surface area contributed by atoms with Gasteiger partial charge in [0.05, 0.1) is 4.88 Å². The number of amides is 1. The number of phenols is 1. The SMILES string of the molecule is O=C(N[C@@H](Cc1ccc(O)cc1)C(=O)O)c1cccs1. The molecule has 3 N–H and O–H groups in total. The first kappa shape index (κ1) is 14.1. The zero-order chi connectivity index (χ0) is 14.5. The Bertz CT molecular complexity index is 592. The molecule has 104 valence electrons. The monoisotopic (exact) mass is 291 g/mol. The van der Waals surface area contributed by atoms with Crippen LogP contribution in [-0.2, 0) is 11.2 Å². The summed E-state index contributed by atoms with van der Waals surface area (Å²) in [6, 6.07) is 8.58. The zero-order valence-electron chi connectivity index (χ0n) is 10.4. The Labute approximate surface area is 119 Å². The lowest BCUT2D eigenvalue weighted by atomic mass is 10.1. The molecule has 6 heteroatoms. The molecule has 20 heavy (non-hydrogen) atoms. The molecule has 0 saturated heterocycles. The van der Waals surface area contributed by atoms with Gasteiger partial charge < -0.3 is 15.5 Å². The summed E-state index contributed by atoms with van der Waals surface area (Å²) in [6.07, 6.45) is 0.159. The van der Waals surface area contributed by atoms with Gasteiger partial charge in [-0.3, -0.25) is 4.79 Å². The number of phenolic OH excluding ortho intramolecular Hbond substituents is 1. The summed E-state index contributed by atoms with van der Waals surface area (Å²) in [5, 5.41) is 22.6. The Morgan fingerprint density at radius 2 is 1.90 bits per heavy atom. The highest BCUT2D eigenvalue weighted by atomic mass is 32.1. The largest absolute Gasteiger partial charge is 0.508 e. The van der Waals surface area contributed by atoms with Gasteiger partial charge in [0.15, 0.2) is 0 Å². The minimum Gasteiger partial charge on any atom is -0.508 e. The number of carbonyl (C=O) groups excluding carboxylic acids is 1. The number of carbonyl (C=O) groups is 2. The fourth-order valence-electron chi connectivity index (χ4n) is 1.70. The van der Waals surface area contributed by atoms with E-state index in [1.165, 1.54) is 23.5 Å². The van der Waals surface area contributed by atoms with Crippen LogP contribution in [0.1, 0.15) is 15.2 Å². The maximum Gasteiger partial charge on any atom is 0.326 e. The van der Waals surface area contributed by atoms with E-state index in [0.717, 1.165) is 5.56 Å². The number of thiophene rings is 1. The highest BCUT2D eigenvalue weighted by Crippen LogP contribution is 2.13. The van der Waals surface area contributed by atoms with Gasteiger partial charge in [-0.1, -0.05) is 18.2 Å². The molecule has 0 aliphatic carbocycles. The molecular weight excluding hydrogens is 278 g/mol. The van der Waals surface area contributed by atoms with Crippen molar-refractivity contribution < 1.29 is 19.8 Å². The number of hydrogen-bond acceptors (Lipinski definition) is 4. The van der Waals surface area contributed by atoms with Gasteiger partial charge in [0.1, 0.15) is 11.8 Å². The maximum atomic E-state index is 11.9. The molecule has 0 aliphatic heterocycles. The molecule has 1 atom stereocenters. The number of aromatic hydroxyl groups is 1. The first-order valence-electron chi connectivity index (χ1n) is 5.91. The van der Waals surface area contributed by atoms with Crippen LogP contribution in [-0.4, -0.2) is 28.1 Å². The van der Waals surface area contributed by atoms with E-state index in [1.54, 1.807) is 29.6 Å². The molecule has 0 fully saturated rings. The van der Waals surface area contributed by atoms with Crippen LogP contribution in [0.4, 0.5) is 0 Å². The van der Waals surface area contributed by atoms with Crippen molar-refractivity contribution >= 4 is 23.2 Å². The van der Waals surface area contributed by atoms with Crippen molar-refractivity contribution in [3.8, 4) is 5.75 Å². The normalized spacial score (nSPS) is 11.8. The Balaban J connectivity index is 2.06. The van der Waals surface area contributed by atoms with Crippen molar-refractivity contribution in [2.75, 3.05) is 0 Å². The van der Waals surface area contributed by atoms with E-state index in [9.17, 15) is 19.8 Å². The maximum absolute atomic E-state index is 11.9. The lowest BCUT2D eigenvalue weighted by Gasteiger charge is -2.14. The van der Waals surface area contributed by atoms with Gasteiger partial charge in [-0.2, -0.15) is 0 Å². The van der Waals surface area contributed by atoms with Crippen LogP contribution in [0.15, 0.2) is 41.8 Å². The van der Waals surface area contributed by atoms with Crippen LogP contribution in [0.2, 0.25) is 0 Å². The molecule has 0 saturated carbocycles. The van der Waals surface area contributed by atoms with Crippen LogP contribution in [0.3, 0.4) is 0 Å². The molecule has 1 aromatic heterocycles. The number of rotatable bonds is 5. The van der Waals surface area contributed by atoms with E-state index in [2.05, 4.69) is 5.32 Å². The Morgan fingerprint density at radius 1 is 1.20 bits per heavy atom. The summed E-state index contributed by atoms with van der Waals surface area (Å²) in [5.74, 6) is -1.38. The molecule has 5 nitrogen and oxygen atoms in total. The third-order valence-electron chi connectivity index (χ3n) is 2.72. The predicted molar refractivity (Wildman–Crippen MR) is 75.0 cm³/mol. The van der Waals surface area contributed by atoms with E-state index in [-0.39, 0.29) is 12.2 Å². The van der Waals surface area contributed by atoms with Crippen LogP contribution < -0.4 is 5.32 Å². The average Bonchev–Trinajstić information content (AvgIpc) is 2.94. The summed E-state index contributed by atoms with van der Waals surface area (Å²) in [5.41, 5.74) is 0.724. The second-order valence-corrected chi connectivity index (χ2v) is 5.16. The predicted octanol–water partition coefficient (Wildman–Crippen LogP) is 1.88. The van der Waals surface area contributed by atoms with Gasteiger partial charge in [-0.05, 0) is 29.1 Å². The summed E-state index contributed by atoms with van der Waals surface area (Å²) in [4.78, 5) is 23.6. The smallest absolute Gasteiger partial charge is 0.326 e. The molecule has 1 aromatic carbocycles. The van der Waals surface area contributed by atoms with Gasteiger partial charge in [0, 0.05) is 6.42 Å². The Kier molecular flexibility index (Phi) is 4.37. The number of aliphatic carboxylic acids is 1. The van der Waals surface area contributed by atoms with Crippen molar-refractivity contribution in [3.05, 3.63) is 52.2 Å². The van der Waals surface area contributed by atoms with Gasteiger partial charge in [-0.25, -0.2) is 4.79 Å². The van der Waals surface area contributed by atoms with E-state index in [0.29, 0.717) is 4.88 Å². The summed E-state index contributed by atoms with van der Waals surface area (Å²) in [6.45, 7) is 0. The minimum atomic E-state index is -1.09. The summed E-state index contributed by atoms with van der Waals surface area (Å²) in [7, 11) is 0. The highest BCUT2D eigenvalue weighted by molar-refractivity contribution is 7.12. The molecule has 0 bridgehead atoms. The molecule has 2 rings (SSSR count). The zero-order valence-corrected chi connectivity index (χ0v) is 11.3. The summed E-state index contributed by atoms with van der Waals surface area (Å²) < 4.78 is 0. The van der Waals surface area contributed by atoms with E-state index in [1.807, 2.05) is 0 Å². The van der Waals surface area contributed by atoms with Gasteiger partial charge in [0.2, 0.25) is 0 Å². The molecule has 2 aromatic rings. The molecular formula is C14H13NO4S. The average molecular weight is 291 g/mol. The first-order chi connectivity index (χ1) is 9.56. The number of carboxylic acid groups (broad SMARTS) is 1. The van der Waals surface area contributed by atoms with E-state index >= 15 is 0 Å². The van der Waals surface area contributed by atoms with Gasteiger partial charge in [0.25, 0.3) is 5.91 Å². The lowest BCUT2D eigenvalue weighted by molar-refractivity contribution is -0.139. The second-order valence-electron chi connectivity index (χ2n) is 4.21. The van der Waals surface area contributed by atoms with Crippen molar-refractivity contribution in [1.82, 2.24) is 5.32 Å². The number of carboxylic acids is 1. The van der Waals surface area contributed by atoms with Crippen LogP contribution in [0, 0.1) is 0 Å².